The molecule has 14 heavy (non-hydrogen) atoms. The van der Waals surface area contributed by atoms with Crippen LogP contribution in [0.15, 0.2) is 0 Å². The van der Waals surface area contributed by atoms with Gasteiger partial charge in [-0.2, -0.15) is 5.26 Å². The molecular formula is C9H19N2O2P. The molecule has 0 spiro atoms. The van der Waals surface area contributed by atoms with Crippen molar-refractivity contribution in [1.82, 2.24) is 4.67 Å². The Kier molecular flexibility index (Phi) is 6.82. The Bertz CT molecular complexity index is 237. The summed E-state index contributed by atoms with van der Waals surface area (Å²) in [5.41, 5.74) is 0. The molecule has 0 fully saturated rings. The highest BCUT2D eigenvalue weighted by molar-refractivity contribution is 7.61. The van der Waals surface area contributed by atoms with Gasteiger partial charge in [-0.3, -0.25) is 4.57 Å². The van der Waals surface area contributed by atoms with Crippen LogP contribution >= 0.6 is 7.52 Å². The Morgan fingerprint density at radius 3 is 2.50 bits per heavy atom. The third kappa shape index (κ3) is 4.23. The Morgan fingerprint density at radius 1 is 1.43 bits per heavy atom. The molecule has 82 valence electrons. The Labute approximate surface area is 86.4 Å². The molecule has 1 atom stereocenters. The molecule has 0 amide bonds. The van der Waals surface area contributed by atoms with Gasteiger partial charge in [-0.1, -0.05) is 19.8 Å². The van der Waals surface area contributed by atoms with Gasteiger partial charge in [0, 0.05) is 6.54 Å². The zero-order valence-corrected chi connectivity index (χ0v) is 10.1. The monoisotopic (exact) mass is 218 g/mol. The zero-order chi connectivity index (χ0) is 11.0. The molecule has 5 heteroatoms. The first-order valence-electron chi connectivity index (χ1n) is 4.98. The summed E-state index contributed by atoms with van der Waals surface area (Å²) in [5, 5.41) is 8.76. The number of hydrogen-bond acceptors (Lipinski definition) is 3. The molecule has 0 radical (unpaired) electrons. The van der Waals surface area contributed by atoms with Crippen LogP contribution in [0, 0.1) is 11.1 Å². The van der Waals surface area contributed by atoms with Crippen molar-refractivity contribution < 1.29 is 9.09 Å². The lowest BCUT2D eigenvalue weighted by atomic mass is 10.2. The maximum absolute atomic E-state index is 11.8. The van der Waals surface area contributed by atoms with Crippen LogP contribution in [-0.4, -0.2) is 24.9 Å². The normalized spacial score (nSPS) is 15.1. The summed E-state index contributed by atoms with van der Waals surface area (Å²) in [6.07, 6.45) is 3.15. The number of nitriles is 1. The van der Waals surface area contributed by atoms with Crippen molar-refractivity contribution in [2.45, 2.75) is 33.1 Å². The molecule has 4 nitrogen and oxygen atoms in total. The predicted octanol–water partition coefficient (Wildman–Crippen LogP) is 2.82. The van der Waals surface area contributed by atoms with Gasteiger partial charge in [0.1, 0.15) is 0 Å². The van der Waals surface area contributed by atoms with Crippen LogP contribution in [0.2, 0.25) is 0 Å². The van der Waals surface area contributed by atoms with E-state index in [1.807, 2.05) is 0 Å². The topological polar surface area (TPSA) is 53.3 Å². The Morgan fingerprint density at radius 2 is 2.07 bits per heavy atom. The summed E-state index contributed by atoms with van der Waals surface area (Å²) in [5.74, 6) is 1.77. The standard InChI is InChI=1S/C9H19N2O2P/c1-4-6-7-8-11(3)14(12,9-10)13-5-2/h4-8H2,1-3H3. The number of rotatable bonds is 7. The maximum Gasteiger partial charge on any atom is 0.370 e. The first-order chi connectivity index (χ1) is 6.60. The molecule has 0 saturated carbocycles. The van der Waals surface area contributed by atoms with Crippen molar-refractivity contribution in [2.75, 3.05) is 20.2 Å². The minimum Gasteiger partial charge on any atom is -0.307 e. The van der Waals surface area contributed by atoms with Gasteiger partial charge in [-0.15, -0.1) is 0 Å². The summed E-state index contributed by atoms with van der Waals surface area (Å²) in [6, 6.07) is 0. The van der Waals surface area contributed by atoms with Gasteiger partial charge in [0.2, 0.25) is 0 Å². The highest BCUT2D eigenvalue weighted by atomic mass is 31.2. The minimum absolute atomic E-state index is 0.308. The SMILES string of the molecule is CCCCCN(C)P(=O)(C#N)OCC. The molecule has 0 N–H and O–H groups in total. The molecule has 0 aromatic carbocycles. The fourth-order valence-electron chi connectivity index (χ4n) is 1.10. The fourth-order valence-corrected chi connectivity index (χ4v) is 2.26. The second-order valence-electron chi connectivity index (χ2n) is 3.13. The molecule has 0 saturated heterocycles. The lowest BCUT2D eigenvalue weighted by molar-refractivity contribution is 0.293. The quantitative estimate of drug-likeness (QED) is 0.487. The van der Waals surface area contributed by atoms with Crippen molar-refractivity contribution in [3.8, 4) is 5.81 Å². The second kappa shape index (κ2) is 7.00. The van der Waals surface area contributed by atoms with Crippen molar-refractivity contribution in [1.29, 1.82) is 5.26 Å². The first-order valence-corrected chi connectivity index (χ1v) is 6.56. The molecule has 0 aliphatic rings. The molecule has 0 heterocycles. The van der Waals surface area contributed by atoms with Crippen molar-refractivity contribution in [2.24, 2.45) is 0 Å². The zero-order valence-electron chi connectivity index (χ0n) is 9.19. The number of unbranched alkanes of at least 4 members (excludes halogenated alkanes) is 2. The van der Waals surface area contributed by atoms with E-state index in [0.717, 1.165) is 19.3 Å². The van der Waals surface area contributed by atoms with E-state index in [-0.39, 0.29) is 0 Å². The Hall–Kier alpha value is -0.360. The van der Waals surface area contributed by atoms with E-state index in [9.17, 15) is 4.57 Å². The van der Waals surface area contributed by atoms with Crippen LogP contribution in [-0.2, 0) is 9.09 Å². The van der Waals surface area contributed by atoms with Crippen LogP contribution in [0.25, 0.3) is 0 Å². The molecule has 0 rings (SSSR count). The lowest BCUT2D eigenvalue weighted by Crippen LogP contribution is -2.17. The molecule has 0 bridgehead atoms. The largest absolute Gasteiger partial charge is 0.370 e. The van der Waals surface area contributed by atoms with E-state index in [4.69, 9.17) is 9.79 Å². The van der Waals surface area contributed by atoms with Gasteiger partial charge in [0.15, 0.2) is 5.81 Å². The predicted molar refractivity (Wildman–Crippen MR) is 57.0 cm³/mol. The van der Waals surface area contributed by atoms with Crippen LogP contribution in [0.3, 0.4) is 0 Å². The van der Waals surface area contributed by atoms with E-state index < -0.39 is 7.52 Å². The van der Waals surface area contributed by atoms with Gasteiger partial charge in [-0.05, 0) is 20.4 Å². The van der Waals surface area contributed by atoms with Crippen LogP contribution < -0.4 is 0 Å². The van der Waals surface area contributed by atoms with E-state index in [1.165, 1.54) is 4.67 Å². The van der Waals surface area contributed by atoms with E-state index in [1.54, 1.807) is 19.8 Å². The summed E-state index contributed by atoms with van der Waals surface area (Å²) >= 11 is 0. The summed E-state index contributed by atoms with van der Waals surface area (Å²) in [7, 11) is -1.52. The van der Waals surface area contributed by atoms with Crippen molar-refractivity contribution in [3.05, 3.63) is 0 Å². The van der Waals surface area contributed by atoms with E-state index in [0.29, 0.717) is 13.2 Å². The van der Waals surface area contributed by atoms with Gasteiger partial charge in [-0.25, -0.2) is 4.67 Å². The average Bonchev–Trinajstić information content (AvgIpc) is 2.18. The molecule has 0 aromatic heterocycles. The van der Waals surface area contributed by atoms with Gasteiger partial charge in [0.05, 0.1) is 6.61 Å². The first kappa shape index (κ1) is 13.6. The van der Waals surface area contributed by atoms with E-state index in [2.05, 4.69) is 6.92 Å². The number of nitrogens with zero attached hydrogens (tertiary/aromatic N) is 2. The third-order valence-corrected chi connectivity index (χ3v) is 3.93. The van der Waals surface area contributed by atoms with Crippen LogP contribution in [0.1, 0.15) is 33.1 Å². The minimum atomic E-state index is -3.19. The average molecular weight is 218 g/mol. The van der Waals surface area contributed by atoms with Gasteiger partial charge >= 0.3 is 7.52 Å². The van der Waals surface area contributed by atoms with Crippen molar-refractivity contribution >= 4 is 7.52 Å². The number of hydrogen-bond donors (Lipinski definition) is 0. The van der Waals surface area contributed by atoms with E-state index >= 15 is 0 Å². The Balaban J connectivity index is 4.12. The van der Waals surface area contributed by atoms with Crippen LogP contribution in [0.5, 0.6) is 0 Å². The van der Waals surface area contributed by atoms with Crippen molar-refractivity contribution in [3.63, 3.8) is 0 Å². The molecule has 0 aliphatic heterocycles. The summed E-state index contributed by atoms with van der Waals surface area (Å²) in [4.78, 5) is 0. The third-order valence-electron chi connectivity index (χ3n) is 1.97. The lowest BCUT2D eigenvalue weighted by Gasteiger charge is -2.21. The fraction of sp³-hybridized carbons (Fsp3) is 0.889. The van der Waals surface area contributed by atoms with Gasteiger partial charge < -0.3 is 4.52 Å². The summed E-state index contributed by atoms with van der Waals surface area (Å²) in [6.45, 7) is 4.80. The van der Waals surface area contributed by atoms with Crippen LogP contribution in [0.4, 0.5) is 0 Å². The molecule has 0 aliphatic carbocycles. The smallest absolute Gasteiger partial charge is 0.307 e. The second-order valence-corrected chi connectivity index (χ2v) is 5.31. The molecule has 0 aromatic rings. The molecule has 1 unspecified atom stereocenters. The highest BCUT2D eigenvalue weighted by Gasteiger charge is 2.27. The summed E-state index contributed by atoms with van der Waals surface area (Å²) < 4.78 is 18.3. The highest BCUT2D eigenvalue weighted by Crippen LogP contribution is 2.48. The molecular weight excluding hydrogens is 199 g/mol. The maximum atomic E-state index is 11.8. The van der Waals surface area contributed by atoms with Gasteiger partial charge in [0.25, 0.3) is 0 Å².